The summed E-state index contributed by atoms with van der Waals surface area (Å²) in [6.07, 6.45) is 0. The van der Waals surface area contributed by atoms with Gasteiger partial charge in [0, 0.05) is 11.3 Å². The van der Waals surface area contributed by atoms with E-state index in [1.54, 1.807) is 18.2 Å². The third kappa shape index (κ3) is 6.58. The molecule has 3 rings (SSSR count). The lowest BCUT2D eigenvalue weighted by atomic mass is 10.0. The van der Waals surface area contributed by atoms with Gasteiger partial charge in [-0.25, -0.2) is 8.42 Å². The van der Waals surface area contributed by atoms with Crippen LogP contribution >= 0.6 is 0 Å². The van der Waals surface area contributed by atoms with Gasteiger partial charge in [-0.1, -0.05) is 50.2 Å². The van der Waals surface area contributed by atoms with E-state index >= 15 is 0 Å². The van der Waals surface area contributed by atoms with Crippen molar-refractivity contribution in [3.8, 4) is 5.75 Å². The van der Waals surface area contributed by atoms with Gasteiger partial charge in [-0.15, -0.1) is 0 Å². The molecule has 0 aliphatic rings. The minimum atomic E-state index is -3.80. The maximum Gasteiger partial charge on any atom is 0.276 e. The number of carbonyl (C=O) groups is 2. The number of ether oxygens (including phenoxy) is 1. The average Bonchev–Trinajstić information content (AvgIpc) is 2.81. The smallest absolute Gasteiger partial charge is 0.276 e. The standard InChI is InChI=1S/C25H27N3O5S/c1-17(2)22-13-12-18(3)14-23(22)33-16-24(29)26-27-25(30)19-8-7-9-20(15-19)28-34(31,32)21-10-5-4-6-11-21/h4-15,17,28H,16H2,1-3H3,(H,26,29)(H,27,30). The van der Waals surface area contributed by atoms with Crippen molar-refractivity contribution >= 4 is 27.5 Å². The quantitative estimate of drug-likeness (QED) is 0.424. The topological polar surface area (TPSA) is 114 Å². The van der Waals surface area contributed by atoms with Crippen molar-refractivity contribution in [1.29, 1.82) is 0 Å². The van der Waals surface area contributed by atoms with Gasteiger partial charge in [-0.05, 0) is 60.4 Å². The first kappa shape index (κ1) is 24.8. The van der Waals surface area contributed by atoms with Crippen molar-refractivity contribution in [3.05, 3.63) is 89.5 Å². The van der Waals surface area contributed by atoms with Crippen LogP contribution in [0, 0.1) is 6.92 Å². The third-order valence-corrected chi connectivity index (χ3v) is 6.29. The number of aryl methyl sites for hydroxylation is 1. The van der Waals surface area contributed by atoms with E-state index < -0.39 is 21.8 Å². The molecule has 0 fully saturated rings. The Hall–Kier alpha value is -3.85. The molecule has 0 radical (unpaired) electrons. The zero-order valence-electron chi connectivity index (χ0n) is 19.2. The molecule has 0 atom stereocenters. The fourth-order valence-corrected chi connectivity index (χ4v) is 4.23. The monoisotopic (exact) mass is 481 g/mol. The summed E-state index contributed by atoms with van der Waals surface area (Å²) in [5.74, 6) is -0.294. The molecule has 0 aliphatic carbocycles. The van der Waals surface area contributed by atoms with Gasteiger partial charge in [-0.2, -0.15) is 0 Å². The molecule has 0 aromatic heterocycles. The number of sulfonamides is 1. The predicted octanol–water partition coefficient (Wildman–Crippen LogP) is 3.76. The molecule has 0 unspecified atom stereocenters. The van der Waals surface area contributed by atoms with Crippen LogP contribution in [0.25, 0.3) is 0 Å². The Kier molecular flexibility index (Phi) is 7.91. The van der Waals surface area contributed by atoms with Crippen LogP contribution in [0.1, 0.15) is 41.3 Å². The first-order valence-corrected chi connectivity index (χ1v) is 12.1. The Morgan fingerprint density at radius 1 is 0.912 bits per heavy atom. The SMILES string of the molecule is Cc1ccc(C(C)C)c(OCC(=O)NNC(=O)c2cccc(NS(=O)(=O)c3ccccc3)c2)c1. The zero-order valence-corrected chi connectivity index (χ0v) is 20.0. The summed E-state index contributed by atoms with van der Waals surface area (Å²) in [6, 6.07) is 19.6. The van der Waals surface area contributed by atoms with Gasteiger partial charge in [0.2, 0.25) is 0 Å². The van der Waals surface area contributed by atoms with Crippen LogP contribution in [0.4, 0.5) is 5.69 Å². The van der Waals surface area contributed by atoms with Gasteiger partial charge in [0.1, 0.15) is 5.75 Å². The van der Waals surface area contributed by atoms with E-state index in [2.05, 4.69) is 15.6 Å². The lowest BCUT2D eigenvalue weighted by molar-refractivity contribution is -0.123. The second-order valence-corrected chi connectivity index (χ2v) is 9.67. The van der Waals surface area contributed by atoms with Gasteiger partial charge in [0.25, 0.3) is 21.8 Å². The summed E-state index contributed by atoms with van der Waals surface area (Å²) in [6.45, 7) is 5.73. The Morgan fingerprint density at radius 3 is 2.35 bits per heavy atom. The molecule has 178 valence electrons. The lowest BCUT2D eigenvalue weighted by Gasteiger charge is -2.15. The lowest BCUT2D eigenvalue weighted by Crippen LogP contribution is -2.43. The fourth-order valence-electron chi connectivity index (χ4n) is 3.16. The Morgan fingerprint density at radius 2 is 1.65 bits per heavy atom. The maximum absolute atomic E-state index is 12.5. The number of hydrogen-bond donors (Lipinski definition) is 3. The molecule has 34 heavy (non-hydrogen) atoms. The fraction of sp³-hybridized carbons (Fsp3) is 0.200. The van der Waals surface area contributed by atoms with Gasteiger partial charge >= 0.3 is 0 Å². The van der Waals surface area contributed by atoms with Gasteiger partial charge in [-0.3, -0.25) is 25.2 Å². The first-order valence-electron chi connectivity index (χ1n) is 10.7. The highest BCUT2D eigenvalue weighted by Crippen LogP contribution is 2.27. The second kappa shape index (κ2) is 10.8. The number of nitrogens with one attached hydrogen (secondary N) is 3. The van der Waals surface area contributed by atoms with Crippen molar-refractivity contribution in [2.75, 3.05) is 11.3 Å². The number of hydrogen-bond acceptors (Lipinski definition) is 5. The average molecular weight is 482 g/mol. The van der Waals surface area contributed by atoms with E-state index in [1.165, 1.54) is 36.4 Å². The molecule has 8 nitrogen and oxygen atoms in total. The van der Waals surface area contributed by atoms with Crippen LogP contribution in [0.2, 0.25) is 0 Å². The molecular weight excluding hydrogens is 454 g/mol. The van der Waals surface area contributed by atoms with Gasteiger partial charge in [0.05, 0.1) is 4.90 Å². The predicted molar refractivity (Wildman–Crippen MR) is 130 cm³/mol. The number of anilines is 1. The summed E-state index contributed by atoms with van der Waals surface area (Å²) in [4.78, 5) is 24.7. The van der Waals surface area contributed by atoms with E-state index in [-0.39, 0.29) is 28.7 Å². The largest absolute Gasteiger partial charge is 0.483 e. The van der Waals surface area contributed by atoms with E-state index in [0.717, 1.165) is 11.1 Å². The minimum Gasteiger partial charge on any atom is -0.483 e. The highest BCUT2D eigenvalue weighted by molar-refractivity contribution is 7.92. The van der Waals surface area contributed by atoms with E-state index in [9.17, 15) is 18.0 Å². The van der Waals surface area contributed by atoms with Gasteiger partial charge < -0.3 is 4.74 Å². The molecule has 3 aromatic rings. The Labute approximate surface area is 199 Å². The molecular formula is C25H27N3O5S. The maximum atomic E-state index is 12.5. The number of hydrazine groups is 1. The number of rotatable bonds is 8. The first-order chi connectivity index (χ1) is 16.2. The molecule has 0 heterocycles. The minimum absolute atomic E-state index is 0.103. The van der Waals surface area contributed by atoms with Crippen LogP contribution in [0.15, 0.2) is 77.7 Å². The molecule has 0 aliphatic heterocycles. The summed E-state index contributed by atoms with van der Waals surface area (Å²) in [7, 11) is -3.80. The van der Waals surface area contributed by atoms with Crippen molar-refractivity contribution < 1.29 is 22.7 Å². The highest BCUT2D eigenvalue weighted by Gasteiger charge is 2.15. The van der Waals surface area contributed by atoms with Crippen LogP contribution in [-0.2, 0) is 14.8 Å². The summed E-state index contributed by atoms with van der Waals surface area (Å²) < 4.78 is 33.1. The number of carbonyl (C=O) groups excluding carboxylic acids is 2. The third-order valence-electron chi connectivity index (χ3n) is 4.90. The molecule has 3 N–H and O–H groups in total. The second-order valence-electron chi connectivity index (χ2n) is 7.99. The summed E-state index contributed by atoms with van der Waals surface area (Å²) >= 11 is 0. The van der Waals surface area contributed by atoms with E-state index in [4.69, 9.17) is 4.74 Å². The molecule has 0 saturated carbocycles. The van der Waals surface area contributed by atoms with Crippen molar-refractivity contribution in [2.45, 2.75) is 31.6 Å². The van der Waals surface area contributed by atoms with Crippen LogP contribution in [-0.4, -0.2) is 26.8 Å². The molecule has 0 saturated heterocycles. The molecule has 3 aromatic carbocycles. The Bertz CT molecular complexity index is 1270. The van der Waals surface area contributed by atoms with Crippen LogP contribution in [0.5, 0.6) is 5.75 Å². The summed E-state index contributed by atoms with van der Waals surface area (Å²) in [5.41, 5.74) is 6.99. The molecule has 0 bridgehead atoms. The normalized spacial score (nSPS) is 11.1. The zero-order chi connectivity index (χ0) is 24.7. The number of amides is 2. The van der Waals surface area contributed by atoms with E-state index in [1.807, 2.05) is 39.0 Å². The van der Waals surface area contributed by atoms with Crippen LogP contribution < -0.4 is 20.3 Å². The molecule has 9 heteroatoms. The molecule has 0 spiro atoms. The number of benzene rings is 3. The summed E-state index contributed by atoms with van der Waals surface area (Å²) in [5, 5.41) is 0. The Balaban J connectivity index is 1.57. The van der Waals surface area contributed by atoms with E-state index in [0.29, 0.717) is 5.75 Å². The van der Waals surface area contributed by atoms with Crippen LogP contribution in [0.3, 0.4) is 0 Å². The van der Waals surface area contributed by atoms with Crippen molar-refractivity contribution in [3.63, 3.8) is 0 Å². The highest BCUT2D eigenvalue weighted by atomic mass is 32.2. The molecule has 2 amide bonds. The van der Waals surface area contributed by atoms with Crippen molar-refractivity contribution in [2.24, 2.45) is 0 Å². The van der Waals surface area contributed by atoms with Crippen molar-refractivity contribution in [1.82, 2.24) is 10.9 Å². The van der Waals surface area contributed by atoms with Gasteiger partial charge in [0.15, 0.2) is 6.61 Å².